The Hall–Kier alpha value is -1.32. The summed E-state index contributed by atoms with van der Waals surface area (Å²) in [4.78, 5) is 14.5. The molecule has 0 aliphatic heterocycles. The first-order chi connectivity index (χ1) is 6.50. The predicted octanol–water partition coefficient (Wildman–Crippen LogP) is 2.59. The molecule has 0 aliphatic carbocycles. The molecule has 0 saturated carbocycles. The van der Waals surface area contributed by atoms with Crippen LogP contribution in [0.2, 0.25) is 0 Å². The zero-order valence-electron chi connectivity index (χ0n) is 8.05. The highest BCUT2D eigenvalue weighted by Gasteiger charge is 2.14. The summed E-state index contributed by atoms with van der Waals surface area (Å²) in [5.41, 5.74) is -0.216. The topological polar surface area (TPSA) is 30.0 Å². The molecule has 0 fully saturated rings. The molecular formula is C10H11F2NO. The Kier molecular flexibility index (Phi) is 3.28. The van der Waals surface area contributed by atoms with Crippen LogP contribution in [0.4, 0.5) is 8.78 Å². The number of aromatic nitrogens is 1. The summed E-state index contributed by atoms with van der Waals surface area (Å²) in [6.07, 6.45) is 0.934. The van der Waals surface area contributed by atoms with Crippen molar-refractivity contribution in [3.63, 3.8) is 0 Å². The van der Waals surface area contributed by atoms with E-state index in [1.165, 1.54) is 0 Å². The van der Waals surface area contributed by atoms with E-state index < -0.39 is 11.8 Å². The number of hydrogen-bond donors (Lipinski definition) is 0. The van der Waals surface area contributed by atoms with Crippen molar-refractivity contribution >= 4 is 5.78 Å². The molecule has 0 amide bonds. The van der Waals surface area contributed by atoms with E-state index in [2.05, 4.69) is 4.98 Å². The van der Waals surface area contributed by atoms with Crippen LogP contribution in [0.15, 0.2) is 12.3 Å². The number of hydrogen-bond acceptors (Lipinski definition) is 2. The first kappa shape index (κ1) is 10.8. The zero-order valence-corrected chi connectivity index (χ0v) is 8.05. The summed E-state index contributed by atoms with van der Waals surface area (Å²) < 4.78 is 25.6. The number of halogens is 2. The lowest BCUT2D eigenvalue weighted by atomic mass is 10.0. The molecule has 0 aliphatic rings. The van der Waals surface area contributed by atoms with Crippen molar-refractivity contribution in [2.45, 2.75) is 20.3 Å². The molecule has 0 unspecified atom stereocenters. The summed E-state index contributed by atoms with van der Waals surface area (Å²) >= 11 is 0. The summed E-state index contributed by atoms with van der Waals surface area (Å²) in [7, 11) is 0. The first-order valence-electron chi connectivity index (χ1n) is 4.35. The Balaban J connectivity index is 2.94. The van der Waals surface area contributed by atoms with E-state index in [1.807, 2.05) is 13.8 Å². The average Bonchev–Trinajstić information content (AvgIpc) is 2.08. The van der Waals surface area contributed by atoms with Crippen LogP contribution in [0.1, 0.15) is 30.6 Å². The Labute approximate surface area is 81.0 Å². The van der Waals surface area contributed by atoms with Gasteiger partial charge in [0.2, 0.25) is 5.95 Å². The largest absolute Gasteiger partial charge is 0.294 e. The smallest absolute Gasteiger partial charge is 0.213 e. The van der Waals surface area contributed by atoms with Crippen LogP contribution in [-0.4, -0.2) is 10.8 Å². The highest BCUT2D eigenvalue weighted by molar-refractivity contribution is 5.96. The second kappa shape index (κ2) is 4.26. The van der Waals surface area contributed by atoms with Crippen molar-refractivity contribution in [2.24, 2.45) is 5.92 Å². The molecule has 0 aromatic carbocycles. The molecule has 1 aromatic heterocycles. The lowest BCUT2D eigenvalue weighted by Crippen LogP contribution is -2.07. The van der Waals surface area contributed by atoms with Gasteiger partial charge in [-0.3, -0.25) is 4.79 Å². The Bertz CT molecular complexity index is 350. The normalized spacial score (nSPS) is 10.6. The van der Waals surface area contributed by atoms with Gasteiger partial charge >= 0.3 is 0 Å². The minimum absolute atomic E-state index is 0.123. The van der Waals surface area contributed by atoms with Gasteiger partial charge in [-0.25, -0.2) is 9.37 Å². The number of rotatable bonds is 3. The molecule has 76 valence electrons. The van der Waals surface area contributed by atoms with E-state index in [0.717, 1.165) is 12.3 Å². The van der Waals surface area contributed by atoms with Gasteiger partial charge in [0, 0.05) is 12.5 Å². The average molecular weight is 199 g/mol. The van der Waals surface area contributed by atoms with Crippen LogP contribution in [0, 0.1) is 17.7 Å². The fourth-order valence-corrected chi connectivity index (χ4v) is 1.11. The fraction of sp³-hybridized carbons (Fsp3) is 0.400. The number of Topliss-reactive ketones (excluding diaryl/α,β-unsaturated/α-hetero) is 1. The first-order valence-corrected chi connectivity index (χ1v) is 4.35. The van der Waals surface area contributed by atoms with Gasteiger partial charge in [0.15, 0.2) is 11.6 Å². The van der Waals surface area contributed by atoms with Crippen LogP contribution in [-0.2, 0) is 0 Å². The maximum absolute atomic E-state index is 13.0. The third-order valence-corrected chi connectivity index (χ3v) is 1.72. The molecule has 1 rings (SSSR count). The SMILES string of the molecule is CC(C)CC(=O)c1cc(F)ncc1F. The molecule has 0 saturated heterocycles. The van der Waals surface area contributed by atoms with Gasteiger partial charge in [-0.2, -0.15) is 4.39 Å². The van der Waals surface area contributed by atoms with Crippen molar-refractivity contribution in [2.75, 3.05) is 0 Å². The molecular weight excluding hydrogens is 188 g/mol. The summed E-state index contributed by atoms with van der Waals surface area (Å²) in [6, 6.07) is 0.833. The standard InChI is InChI=1S/C10H11F2NO/c1-6(2)3-9(14)7-4-10(12)13-5-8(7)11/h4-6H,3H2,1-2H3. The van der Waals surface area contributed by atoms with Crippen molar-refractivity contribution in [1.82, 2.24) is 4.98 Å². The zero-order chi connectivity index (χ0) is 10.7. The second-order valence-electron chi connectivity index (χ2n) is 3.51. The molecule has 4 heteroatoms. The van der Waals surface area contributed by atoms with E-state index in [9.17, 15) is 13.6 Å². The van der Waals surface area contributed by atoms with Crippen LogP contribution >= 0.6 is 0 Å². The third-order valence-electron chi connectivity index (χ3n) is 1.72. The minimum Gasteiger partial charge on any atom is -0.294 e. The van der Waals surface area contributed by atoms with Gasteiger partial charge in [-0.05, 0) is 5.92 Å². The van der Waals surface area contributed by atoms with Crippen molar-refractivity contribution in [3.05, 3.63) is 29.6 Å². The summed E-state index contributed by atoms with van der Waals surface area (Å²) in [5, 5.41) is 0. The quantitative estimate of drug-likeness (QED) is 0.553. The lowest BCUT2D eigenvalue weighted by Gasteiger charge is -2.04. The maximum atomic E-state index is 13.0. The molecule has 2 nitrogen and oxygen atoms in total. The van der Waals surface area contributed by atoms with Gasteiger partial charge in [0.1, 0.15) is 0 Å². The maximum Gasteiger partial charge on any atom is 0.213 e. The number of ketones is 1. The monoisotopic (exact) mass is 199 g/mol. The number of carbonyl (C=O) groups excluding carboxylic acids is 1. The van der Waals surface area contributed by atoms with Crippen LogP contribution in [0.3, 0.4) is 0 Å². The van der Waals surface area contributed by atoms with Crippen LogP contribution < -0.4 is 0 Å². The molecule has 0 bridgehead atoms. The molecule has 1 heterocycles. The Morgan fingerprint density at radius 1 is 1.50 bits per heavy atom. The van der Waals surface area contributed by atoms with E-state index in [-0.39, 0.29) is 23.7 Å². The van der Waals surface area contributed by atoms with Gasteiger partial charge in [-0.1, -0.05) is 13.8 Å². The molecule has 14 heavy (non-hydrogen) atoms. The molecule has 1 aromatic rings. The van der Waals surface area contributed by atoms with E-state index in [0.29, 0.717) is 0 Å². The fourth-order valence-electron chi connectivity index (χ4n) is 1.11. The van der Waals surface area contributed by atoms with Gasteiger partial charge in [0.05, 0.1) is 11.8 Å². The lowest BCUT2D eigenvalue weighted by molar-refractivity contribution is 0.0963. The second-order valence-corrected chi connectivity index (χ2v) is 3.51. The Morgan fingerprint density at radius 3 is 2.71 bits per heavy atom. The minimum atomic E-state index is -0.835. The molecule has 0 atom stereocenters. The van der Waals surface area contributed by atoms with Crippen molar-refractivity contribution in [3.8, 4) is 0 Å². The number of carbonyl (C=O) groups is 1. The van der Waals surface area contributed by atoms with Crippen molar-refractivity contribution in [1.29, 1.82) is 0 Å². The van der Waals surface area contributed by atoms with Gasteiger partial charge in [-0.15, -0.1) is 0 Å². The highest BCUT2D eigenvalue weighted by Crippen LogP contribution is 2.13. The Morgan fingerprint density at radius 2 is 2.14 bits per heavy atom. The van der Waals surface area contributed by atoms with Gasteiger partial charge < -0.3 is 0 Å². The summed E-state index contributed by atoms with van der Waals surface area (Å²) in [5.74, 6) is -1.87. The third kappa shape index (κ3) is 2.58. The number of nitrogens with zero attached hydrogens (tertiary/aromatic N) is 1. The molecule has 0 spiro atoms. The van der Waals surface area contributed by atoms with E-state index in [4.69, 9.17) is 0 Å². The van der Waals surface area contributed by atoms with E-state index in [1.54, 1.807) is 0 Å². The molecule has 0 radical (unpaired) electrons. The van der Waals surface area contributed by atoms with Crippen LogP contribution in [0.25, 0.3) is 0 Å². The predicted molar refractivity (Wildman–Crippen MR) is 47.9 cm³/mol. The summed E-state index contributed by atoms with van der Waals surface area (Å²) in [6.45, 7) is 3.68. The van der Waals surface area contributed by atoms with E-state index >= 15 is 0 Å². The highest BCUT2D eigenvalue weighted by atomic mass is 19.1. The molecule has 0 N–H and O–H groups in total. The number of pyridine rings is 1. The van der Waals surface area contributed by atoms with Crippen LogP contribution in [0.5, 0.6) is 0 Å². The van der Waals surface area contributed by atoms with Crippen molar-refractivity contribution < 1.29 is 13.6 Å². The van der Waals surface area contributed by atoms with Gasteiger partial charge in [0.25, 0.3) is 0 Å².